The van der Waals surface area contributed by atoms with E-state index in [9.17, 15) is 9.59 Å². The van der Waals surface area contributed by atoms with E-state index in [0.29, 0.717) is 31.3 Å². The summed E-state index contributed by atoms with van der Waals surface area (Å²) in [4.78, 5) is 28.2. The maximum atomic E-state index is 12.5. The fourth-order valence-electron chi connectivity index (χ4n) is 3.29. The lowest BCUT2D eigenvalue weighted by Gasteiger charge is -2.23. The quantitative estimate of drug-likeness (QED) is 0.904. The number of nitrogens with zero attached hydrogens (tertiary/aromatic N) is 2. The van der Waals surface area contributed by atoms with Crippen LogP contribution in [-0.4, -0.2) is 44.8 Å². The molecule has 1 saturated heterocycles. The summed E-state index contributed by atoms with van der Waals surface area (Å²) in [7, 11) is 1.71. The second-order valence-corrected chi connectivity index (χ2v) is 6.58. The van der Waals surface area contributed by atoms with Gasteiger partial charge in [-0.3, -0.25) is 9.69 Å². The summed E-state index contributed by atoms with van der Waals surface area (Å²) in [5.41, 5.74) is 1.54. The van der Waals surface area contributed by atoms with Gasteiger partial charge in [-0.15, -0.1) is 0 Å². The van der Waals surface area contributed by atoms with E-state index in [1.807, 2.05) is 48.5 Å². The van der Waals surface area contributed by atoms with Gasteiger partial charge < -0.3 is 19.7 Å². The molecule has 2 aliphatic heterocycles. The first-order valence-corrected chi connectivity index (χ1v) is 8.91. The van der Waals surface area contributed by atoms with Gasteiger partial charge in [-0.05, 0) is 24.3 Å². The van der Waals surface area contributed by atoms with Crippen LogP contribution in [0.25, 0.3) is 0 Å². The Kier molecular flexibility index (Phi) is 4.58. The van der Waals surface area contributed by atoms with Gasteiger partial charge in [0.05, 0.1) is 6.04 Å². The predicted octanol–water partition coefficient (Wildman–Crippen LogP) is 2.41. The van der Waals surface area contributed by atoms with Crippen molar-refractivity contribution in [2.75, 3.05) is 36.6 Å². The zero-order valence-corrected chi connectivity index (χ0v) is 15.1. The smallest absolute Gasteiger partial charge is 0.321 e. The number of amides is 3. The SMILES string of the molecule is CN(C(=O)N[C@H]1CC(=O)N(c2ccc3c(c2)OCCO3)C1)c1ccccc1. The van der Waals surface area contributed by atoms with E-state index in [0.717, 1.165) is 11.4 Å². The summed E-state index contributed by atoms with van der Waals surface area (Å²) >= 11 is 0. The molecule has 27 heavy (non-hydrogen) atoms. The molecule has 140 valence electrons. The van der Waals surface area contributed by atoms with Crippen LogP contribution >= 0.6 is 0 Å². The number of carbonyl (C=O) groups excluding carboxylic acids is 2. The number of benzene rings is 2. The second kappa shape index (κ2) is 7.19. The van der Waals surface area contributed by atoms with Gasteiger partial charge in [0.2, 0.25) is 5.91 Å². The molecular weight excluding hydrogens is 346 g/mol. The first kappa shape index (κ1) is 17.2. The van der Waals surface area contributed by atoms with Crippen LogP contribution < -0.4 is 24.6 Å². The van der Waals surface area contributed by atoms with Crippen LogP contribution in [0.4, 0.5) is 16.2 Å². The molecule has 0 bridgehead atoms. The zero-order chi connectivity index (χ0) is 18.8. The van der Waals surface area contributed by atoms with Crippen molar-refractivity contribution in [1.29, 1.82) is 0 Å². The van der Waals surface area contributed by atoms with Crippen molar-refractivity contribution in [2.24, 2.45) is 0 Å². The Morgan fingerprint density at radius 2 is 1.85 bits per heavy atom. The number of ether oxygens (including phenoxy) is 2. The Hall–Kier alpha value is -3.22. The molecule has 2 aliphatic rings. The van der Waals surface area contributed by atoms with Crippen LogP contribution in [0, 0.1) is 0 Å². The number of carbonyl (C=O) groups is 2. The second-order valence-electron chi connectivity index (χ2n) is 6.58. The Balaban J connectivity index is 1.42. The van der Waals surface area contributed by atoms with Crippen molar-refractivity contribution in [3.8, 4) is 11.5 Å². The highest BCUT2D eigenvalue weighted by atomic mass is 16.6. The number of rotatable bonds is 3. The van der Waals surface area contributed by atoms with E-state index in [1.54, 1.807) is 11.9 Å². The van der Waals surface area contributed by atoms with Gasteiger partial charge >= 0.3 is 6.03 Å². The van der Waals surface area contributed by atoms with Crippen molar-refractivity contribution in [3.63, 3.8) is 0 Å². The molecule has 0 spiro atoms. The van der Waals surface area contributed by atoms with Gasteiger partial charge in [-0.2, -0.15) is 0 Å². The molecule has 0 unspecified atom stereocenters. The van der Waals surface area contributed by atoms with Crippen LogP contribution in [0.15, 0.2) is 48.5 Å². The van der Waals surface area contributed by atoms with Gasteiger partial charge in [0, 0.05) is 37.5 Å². The number of para-hydroxylation sites is 1. The number of anilines is 2. The van der Waals surface area contributed by atoms with Crippen molar-refractivity contribution >= 4 is 23.3 Å². The molecule has 2 aromatic rings. The van der Waals surface area contributed by atoms with Gasteiger partial charge in [0.1, 0.15) is 13.2 Å². The van der Waals surface area contributed by atoms with Gasteiger partial charge in [-0.1, -0.05) is 18.2 Å². The lowest BCUT2D eigenvalue weighted by molar-refractivity contribution is -0.117. The number of hydrogen-bond acceptors (Lipinski definition) is 4. The van der Waals surface area contributed by atoms with E-state index >= 15 is 0 Å². The normalized spacial score (nSPS) is 18.3. The van der Waals surface area contributed by atoms with Gasteiger partial charge in [0.25, 0.3) is 0 Å². The highest BCUT2D eigenvalue weighted by Gasteiger charge is 2.33. The molecule has 0 aromatic heterocycles. The molecule has 0 aliphatic carbocycles. The van der Waals surface area contributed by atoms with Crippen LogP contribution in [0.2, 0.25) is 0 Å². The number of nitrogens with one attached hydrogen (secondary N) is 1. The van der Waals surface area contributed by atoms with Crippen molar-refractivity contribution in [2.45, 2.75) is 12.5 Å². The topological polar surface area (TPSA) is 71.1 Å². The lowest BCUT2D eigenvalue weighted by atomic mass is 10.2. The van der Waals surface area contributed by atoms with Crippen molar-refractivity contribution in [3.05, 3.63) is 48.5 Å². The Bertz CT molecular complexity index is 856. The molecular formula is C20H21N3O4. The maximum Gasteiger partial charge on any atom is 0.321 e. The molecule has 7 heteroatoms. The predicted molar refractivity (Wildman–Crippen MR) is 102 cm³/mol. The third-order valence-electron chi connectivity index (χ3n) is 4.74. The highest BCUT2D eigenvalue weighted by molar-refractivity contribution is 5.98. The molecule has 1 N–H and O–H groups in total. The standard InChI is InChI=1S/C20H21N3O4/c1-22(15-5-3-2-4-6-15)20(25)21-14-11-19(24)23(13-14)16-7-8-17-18(12-16)27-10-9-26-17/h2-8,12,14H,9-11,13H2,1H3,(H,21,25)/t14-/m0/s1. The molecule has 4 rings (SSSR count). The van der Waals surface area contributed by atoms with Crippen LogP contribution in [0.5, 0.6) is 11.5 Å². The van der Waals surface area contributed by atoms with E-state index < -0.39 is 0 Å². The first-order chi connectivity index (χ1) is 13.1. The van der Waals surface area contributed by atoms with Gasteiger partial charge in [0.15, 0.2) is 11.5 Å². The number of hydrogen-bond donors (Lipinski definition) is 1. The van der Waals surface area contributed by atoms with E-state index in [-0.39, 0.29) is 24.4 Å². The Labute approximate surface area is 157 Å². The van der Waals surface area contributed by atoms with E-state index in [2.05, 4.69) is 5.32 Å². The highest BCUT2D eigenvalue weighted by Crippen LogP contribution is 2.35. The van der Waals surface area contributed by atoms with Crippen molar-refractivity contribution < 1.29 is 19.1 Å². The summed E-state index contributed by atoms with van der Waals surface area (Å²) in [5, 5.41) is 2.94. The average molecular weight is 367 g/mol. The molecule has 0 saturated carbocycles. The zero-order valence-electron chi connectivity index (χ0n) is 15.1. The summed E-state index contributed by atoms with van der Waals surface area (Å²) < 4.78 is 11.1. The molecule has 1 fully saturated rings. The summed E-state index contributed by atoms with van der Waals surface area (Å²) in [6.45, 7) is 1.44. The largest absolute Gasteiger partial charge is 0.486 e. The molecule has 1 atom stereocenters. The third-order valence-corrected chi connectivity index (χ3v) is 4.74. The minimum Gasteiger partial charge on any atom is -0.486 e. The number of fused-ring (bicyclic) bond motifs is 1. The Morgan fingerprint density at radius 3 is 2.63 bits per heavy atom. The summed E-state index contributed by atoms with van der Waals surface area (Å²) in [6, 6.07) is 14.4. The fraction of sp³-hybridized carbons (Fsp3) is 0.300. The van der Waals surface area contributed by atoms with Crippen LogP contribution in [0.3, 0.4) is 0 Å². The first-order valence-electron chi connectivity index (χ1n) is 8.91. The molecule has 3 amide bonds. The lowest BCUT2D eigenvalue weighted by Crippen LogP contribution is -2.44. The van der Waals surface area contributed by atoms with Crippen molar-refractivity contribution in [1.82, 2.24) is 5.32 Å². The molecule has 0 radical (unpaired) electrons. The third kappa shape index (κ3) is 3.53. The van der Waals surface area contributed by atoms with Crippen LogP contribution in [-0.2, 0) is 4.79 Å². The average Bonchev–Trinajstić information content (AvgIpc) is 3.07. The molecule has 7 nitrogen and oxygen atoms in total. The minimum atomic E-state index is -0.246. The Morgan fingerprint density at radius 1 is 1.11 bits per heavy atom. The molecule has 2 heterocycles. The number of urea groups is 1. The fourth-order valence-corrected chi connectivity index (χ4v) is 3.29. The van der Waals surface area contributed by atoms with E-state index in [4.69, 9.17) is 9.47 Å². The monoisotopic (exact) mass is 367 g/mol. The van der Waals surface area contributed by atoms with Crippen LogP contribution in [0.1, 0.15) is 6.42 Å². The van der Waals surface area contributed by atoms with Gasteiger partial charge in [-0.25, -0.2) is 4.79 Å². The summed E-state index contributed by atoms with van der Waals surface area (Å²) in [6.07, 6.45) is 0.267. The summed E-state index contributed by atoms with van der Waals surface area (Å²) in [5.74, 6) is 1.30. The minimum absolute atomic E-state index is 0.0284. The maximum absolute atomic E-state index is 12.5. The van der Waals surface area contributed by atoms with E-state index in [1.165, 1.54) is 4.90 Å². The molecule has 2 aromatic carbocycles.